The van der Waals surface area contributed by atoms with Crippen LogP contribution in [0.4, 0.5) is 0 Å². The maximum Gasteiger partial charge on any atom is 0.358 e. The van der Waals surface area contributed by atoms with Gasteiger partial charge in [0.15, 0.2) is 0 Å². The molecular weight excluding hydrogens is 166 g/mol. The number of halogens is 1. The van der Waals surface area contributed by atoms with Gasteiger partial charge in [-0.3, -0.25) is 4.98 Å². The van der Waals surface area contributed by atoms with Crippen molar-refractivity contribution in [2.24, 2.45) is 0 Å². The highest BCUT2D eigenvalue weighted by molar-refractivity contribution is 6.15. The summed E-state index contributed by atoms with van der Waals surface area (Å²) in [4.78, 5) is 14.6. The van der Waals surface area contributed by atoms with Crippen LogP contribution in [0.3, 0.4) is 0 Å². The quantitative estimate of drug-likeness (QED) is 0.646. The van der Waals surface area contributed by atoms with Crippen molar-refractivity contribution in [3.63, 3.8) is 0 Å². The van der Waals surface area contributed by atoms with E-state index < -0.39 is 5.97 Å². The smallest absolute Gasteiger partial charge is 0.343 e. The highest BCUT2D eigenvalue weighted by atomic mass is 35.5. The molecule has 58 valence electrons. The Balaban J connectivity index is 3.03. The zero-order chi connectivity index (χ0) is 8.27. The molecule has 4 heteroatoms. The lowest BCUT2D eigenvalue weighted by Gasteiger charge is -1.98. The Kier molecular flexibility index (Phi) is 2.44. The molecule has 0 fully saturated rings. The van der Waals surface area contributed by atoms with Crippen molar-refractivity contribution in [2.45, 2.75) is 6.92 Å². The summed E-state index contributed by atoms with van der Waals surface area (Å²) in [6, 6.07) is 1.71. The molecule has 0 unspecified atom stereocenters. The van der Waals surface area contributed by atoms with E-state index in [1.165, 1.54) is 6.20 Å². The van der Waals surface area contributed by atoms with E-state index in [0.29, 0.717) is 5.56 Å². The maximum absolute atomic E-state index is 10.8. The molecule has 0 atom stereocenters. The number of nitrogens with zero attached hydrogens (tertiary/aromatic N) is 1. The van der Waals surface area contributed by atoms with E-state index in [0.717, 1.165) is 5.56 Å². The molecule has 0 aliphatic heterocycles. The van der Waals surface area contributed by atoms with Gasteiger partial charge in [0.2, 0.25) is 0 Å². The normalized spacial score (nSPS) is 9.27. The fourth-order valence-electron chi connectivity index (χ4n) is 0.719. The van der Waals surface area contributed by atoms with E-state index in [4.69, 9.17) is 11.9 Å². The van der Waals surface area contributed by atoms with Crippen LogP contribution in [0.5, 0.6) is 0 Å². The minimum atomic E-state index is -0.572. The van der Waals surface area contributed by atoms with Crippen molar-refractivity contribution in [1.29, 1.82) is 0 Å². The van der Waals surface area contributed by atoms with Gasteiger partial charge in [0, 0.05) is 12.4 Å². The second-order valence-electron chi connectivity index (χ2n) is 2.06. The van der Waals surface area contributed by atoms with Gasteiger partial charge in [0.05, 0.1) is 5.56 Å². The number of aryl methyl sites for hydroxylation is 1. The van der Waals surface area contributed by atoms with Crippen LogP contribution in [0.1, 0.15) is 15.9 Å². The predicted octanol–water partition coefficient (Wildman–Crippen LogP) is 1.70. The van der Waals surface area contributed by atoms with E-state index in [9.17, 15) is 4.79 Å². The monoisotopic (exact) mass is 171 g/mol. The SMILES string of the molecule is Cc1ccncc1C(=O)OCl. The van der Waals surface area contributed by atoms with E-state index in [1.807, 2.05) is 0 Å². The van der Waals surface area contributed by atoms with E-state index in [-0.39, 0.29) is 0 Å². The highest BCUT2D eigenvalue weighted by Gasteiger charge is 2.08. The van der Waals surface area contributed by atoms with Gasteiger partial charge in [-0.1, -0.05) is 0 Å². The van der Waals surface area contributed by atoms with Gasteiger partial charge in [-0.05, 0) is 18.6 Å². The number of carbonyl (C=O) groups excluding carboxylic acids is 1. The Morgan fingerprint density at radius 3 is 3.00 bits per heavy atom. The minimum Gasteiger partial charge on any atom is -0.343 e. The van der Waals surface area contributed by atoms with Crippen LogP contribution in [0, 0.1) is 6.92 Å². The first-order chi connectivity index (χ1) is 5.25. The molecule has 0 spiro atoms. The second kappa shape index (κ2) is 3.34. The van der Waals surface area contributed by atoms with E-state index in [2.05, 4.69) is 9.27 Å². The molecular formula is C7H6ClNO2. The molecule has 0 aliphatic carbocycles. The molecule has 1 heterocycles. The Morgan fingerprint density at radius 2 is 2.45 bits per heavy atom. The summed E-state index contributed by atoms with van der Waals surface area (Å²) in [5.74, 6) is -0.572. The summed E-state index contributed by atoms with van der Waals surface area (Å²) < 4.78 is 4.01. The zero-order valence-electron chi connectivity index (χ0n) is 5.87. The number of hydrogen-bond acceptors (Lipinski definition) is 3. The van der Waals surface area contributed by atoms with Gasteiger partial charge in [0.1, 0.15) is 11.9 Å². The summed E-state index contributed by atoms with van der Waals surface area (Å²) >= 11 is 4.88. The van der Waals surface area contributed by atoms with Crippen LogP contribution in [0.15, 0.2) is 18.5 Å². The molecule has 0 saturated heterocycles. The first-order valence-corrected chi connectivity index (χ1v) is 3.30. The lowest BCUT2D eigenvalue weighted by atomic mass is 10.2. The Labute approximate surface area is 69.1 Å². The third kappa shape index (κ3) is 1.68. The fraction of sp³-hybridized carbons (Fsp3) is 0.143. The van der Waals surface area contributed by atoms with Crippen LogP contribution in [0.2, 0.25) is 0 Å². The summed E-state index contributed by atoms with van der Waals surface area (Å²) in [6.07, 6.45) is 3.01. The molecule has 1 aromatic heterocycles. The summed E-state index contributed by atoms with van der Waals surface area (Å²) in [6.45, 7) is 1.78. The number of rotatable bonds is 1. The van der Waals surface area contributed by atoms with Gasteiger partial charge >= 0.3 is 5.97 Å². The van der Waals surface area contributed by atoms with E-state index in [1.54, 1.807) is 19.2 Å². The molecule has 0 aliphatic rings. The Morgan fingerprint density at radius 1 is 1.73 bits per heavy atom. The Hall–Kier alpha value is -1.09. The Bertz CT molecular complexity index is 275. The van der Waals surface area contributed by atoms with Crippen LogP contribution in [-0.2, 0) is 4.29 Å². The average Bonchev–Trinajstić information content (AvgIpc) is 2.04. The number of carbonyl (C=O) groups is 1. The van der Waals surface area contributed by atoms with Gasteiger partial charge < -0.3 is 4.29 Å². The van der Waals surface area contributed by atoms with Gasteiger partial charge in [-0.2, -0.15) is 0 Å². The first kappa shape index (κ1) is 8.01. The average molecular weight is 172 g/mol. The fourth-order valence-corrected chi connectivity index (χ4v) is 0.802. The van der Waals surface area contributed by atoms with Crippen molar-refractivity contribution in [3.8, 4) is 0 Å². The largest absolute Gasteiger partial charge is 0.358 e. The van der Waals surface area contributed by atoms with Crippen molar-refractivity contribution < 1.29 is 9.08 Å². The van der Waals surface area contributed by atoms with Crippen molar-refractivity contribution in [2.75, 3.05) is 0 Å². The molecule has 0 amide bonds. The van der Waals surface area contributed by atoms with Gasteiger partial charge in [-0.25, -0.2) is 4.79 Å². The summed E-state index contributed by atoms with van der Waals surface area (Å²) in [5, 5.41) is 0. The standard InChI is InChI=1S/C7H6ClNO2/c1-5-2-3-9-4-6(5)7(10)11-8/h2-4H,1H3. The van der Waals surface area contributed by atoms with Crippen LogP contribution >= 0.6 is 11.9 Å². The van der Waals surface area contributed by atoms with Gasteiger partial charge in [-0.15, -0.1) is 0 Å². The molecule has 1 rings (SSSR count). The topological polar surface area (TPSA) is 39.2 Å². The molecule has 11 heavy (non-hydrogen) atoms. The lowest BCUT2D eigenvalue weighted by Crippen LogP contribution is -2.01. The van der Waals surface area contributed by atoms with E-state index >= 15 is 0 Å². The molecule has 0 saturated carbocycles. The first-order valence-electron chi connectivity index (χ1n) is 2.99. The third-order valence-corrected chi connectivity index (χ3v) is 1.47. The second-order valence-corrected chi connectivity index (χ2v) is 2.21. The molecule has 0 N–H and O–H groups in total. The summed E-state index contributed by atoms with van der Waals surface area (Å²) in [5.41, 5.74) is 1.19. The maximum atomic E-state index is 10.8. The zero-order valence-corrected chi connectivity index (χ0v) is 6.63. The number of aromatic nitrogens is 1. The van der Waals surface area contributed by atoms with Crippen LogP contribution in [-0.4, -0.2) is 11.0 Å². The van der Waals surface area contributed by atoms with Crippen LogP contribution < -0.4 is 0 Å². The minimum absolute atomic E-state index is 0.391. The summed E-state index contributed by atoms with van der Waals surface area (Å²) in [7, 11) is 0. The van der Waals surface area contributed by atoms with Gasteiger partial charge in [0.25, 0.3) is 0 Å². The van der Waals surface area contributed by atoms with Crippen molar-refractivity contribution in [3.05, 3.63) is 29.6 Å². The molecule has 0 radical (unpaired) electrons. The molecule has 3 nitrogen and oxygen atoms in total. The van der Waals surface area contributed by atoms with Crippen molar-refractivity contribution >= 4 is 17.8 Å². The third-order valence-electron chi connectivity index (χ3n) is 1.33. The lowest BCUT2D eigenvalue weighted by molar-refractivity contribution is 0.0750. The van der Waals surface area contributed by atoms with Crippen molar-refractivity contribution in [1.82, 2.24) is 4.98 Å². The molecule has 0 aromatic carbocycles. The molecule has 1 aromatic rings. The predicted molar refractivity (Wildman–Crippen MR) is 40.2 cm³/mol. The number of pyridine rings is 1. The molecule has 0 bridgehead atoms. The number of hydrogen-bond donors (Lipinski definition) is 0. The highest BCUT2D eigenvalue weighted by Crippen LogP contribution is 2.06. The van der Waals surface area contributed by atoms with Crippen LogP contribution in [0.25, 0.3) is 0 Å².